The Labute approximate surface area is 125 Å². The standard InChI is InChI=1S/C17H34N2O/c1-3-17(4-2,13-18-15-9-10-15)14-19(11-12-20)16-7-5-6-8-16/h15-16,18,20H,3-14H2,1-2H3. The van der Waals surface area contributed by atoms with Gasteiger partial charge in [0.15, 0.2) is 0 Å². The maximum Gasteiger partial charge on any atom is 0.0558 e. The monoisotopic (exact) mass is 282 g/mol. The zero-order chi connectivity index (χ0) is 14.4. The third kappa shape index (κ3) is 4.44. The van der Waals surface area contributed by atoms with Gasteiger partial charge in [-0.25, -0.2) is 0 Å². The van der Waals surface area contributed by atoms with Crippen molar-refractivity contribution in [3.05, 3.63) is 0 Å². The van der Waals surface area contributed by atoms with E-state index in [0.717, 1.165) is 31.7 Å². The van der Waals surface area contributed by atoms with Gasteiger partial charge in [0.1, 0.15) is 0 Å². The van der Waals surface area contributed by atoms with Crippen molar-refractivity contribution < 1.29 is 5.11 Å². The minimum Gasteiger partial charge on any atom is -0.395 e. The van der Waals surface area contributed by atoms with Crippen LogP contribution in [-0.2, 0) is 0 Å². The Morgan fingerprint density at radius 2 is 1.75 bits per heavy atom. The zero-order valence-corrected chi connectivity index (χ0v) is 13.5. The molecule has 2 aliphatic rings. The van der Waals surface area contributed by atoms with E-state index in [-0.39, 0.29) is 0 Å². The Morgan fingerprint density at radius 3 is 2.25 bits per heavy atom. The van der Waals surface area contributed by atoms with Crippen molar-refractivity contribution in [2.75, 3.05) is 26.2 Å². The molecule has 3 heteroatoms. The predicted molar refractivity (Wildman–Crippen MR) is 85.0 cm³/mol. The Bertz CT molecular complexity index is 268. The lowest BCUT2D eigenvalue weighted by Gasteiger charge is -2.40. The van der Waals surface area contributed by atoms with Crippen molar-refractivity contribution in [3.8, 4) is 0 Å². The van der Waals surface area contributed by atoms with E-state index in [9.17, 15) is 5.11 Å². The molecule has 2 rings (SSSR count). The second-order valence-electron chi connectivity index (χ2n) is 6.99. The maximum absolute atomic E-state index is 9.41. The van der Waals surface area contributed by atoms with E-state index in [2.05, 4.69) is 24.1 Å². The van der Waals surface area contributed by atoms with Gasteiger partial charge in [-0.2, -0.15) is 0 Å². The van der Waals surface area contributed by atoms with Crippen molar-refractivity contribution in [3.63, 3.8) is 0 Å². The van der Waals surface area contributed by atoms with Crippen LogP contribution in [0.1, 0.15) is 65.2 Å². The van der Waals surface area contributed by atoms with Gasteiger partial charge in [0.25, 0.3) is 0 Å². The molecule has 0 aromatic carbocycles. The van der Waals surface area contributed by atoms with Gasteiger partial charge >= 0.3 is 0 Å². The van der Waals surface area contributed by atoms with Gasteiger partial charge in [-0.1, -0.05) is 26.7 Å². The summed E-state index contributed by atoms with van der Waals surface area (Å²) in [6, 6.07) is 1.52. The van der Waals surface area contributed by atoms with Crippen LogP contribution in [0.5, 0.6) is 0 Å². The molecule has 2 fully saturated rings. The van der Waals surface area contributed by atoms with Gasteiger partial charge in [0, 0.05) is 31.7 Å². The second-order valence-corrected chi connectivity index (χ2v) is 6.99. The molecule has 0 unspecified atom stereocenters. The van der Waals surface area contributed by atoms with Gasteiger partial charge in [-0.15, -0.1) is 0 Å². The van der Waals surface area contributed by atoms with Gasteiger partial charge in [0.2, 0.25) is 0 Å². The molecule has 0 aromatic heterocycles. The van der Waals surface area contributed by atoms with Gasteiger partial charge in [-0.3, -0.25) is 4.90 Å². The first kappa shape index (κ1) is 16.3. The van der Waals surface area contributed by atoms with Crippen LogP contribution in [0.15, 0.2) is 0 Å². The molecule has 0 aliphatic heterocycles. The summed E-state index contributed by atoms with van der Waals surface area (Å²) in [5.74, 6) is 0. The summed E-state index contributed by atoms with van der Waals surface area (Å²) in [5, 5.41) is 13.2. The number of nitrogens with zero attached hydrogens (tertiary/aromatic N) is 1. The molecule has 0 heterocycles. The Morgan fingerprint density at radius 1 is 1.10 bits per heavy atom. The van der Waals surface area contributed by atoms with Crippen molar-refractivity contribution in [2.45, 2.75) is 77.3 Å². The molecule has 0 amide bonds. The van der Waals surface area contributed by atoms with E-state index < -0.39 is 0 Å². The van der Waals surface area contributed by atoms with Crippen LogP contribution < -0.4 is 5.32 Å². The van der Waals surface area contributed by atoms with E-state index in [1.807, 2.05) is 0 Å². The Kier molecular flexibility index (Phi) is 6.31. The summed E-state index contributed by atoms with van der Waals surface area (Å²) >= 11 is 0. The Balaban J connectivity index is 1.93. The molecular formula is C17H34N2O. The summed E-state index contributed by atoms with van der Waals surface area (Å²) < 4.78 is 0. The molecule has 0 spiro atoms. The Hall–Kier alpha value is -0.120. The van der Waals surface area contributed by atoms with Gasteiger partial charge < -0.3 is 10.4 Å². The second kappa shape index (κ2) is 7.77. The number of aliphatic hydroxyl groups is 1. The molecule has 0 radical (unpaired) electrons. The van der Waals surface area contributed by atoms with Crippen molar-refractivity contribution in [1.29, 1.82) is 0 Å². The highest BCUT2D eigenvalue weighted by Crippen LogP contribution is 2.32. The maximum atomic E-state index is 9.41. The van der Waals surface area contributed by atoms with Gasteiger partial charge in [-0.05, 0) is 43.9 Å². The molecule has 3 nitrogen and oxygen atoms in total. The minimum absolute atomic E-state index is 0.302. The fourth-order valence-electron chi connectivity index (χ4n) is 3.65. The third-order valence-corrected chi connectivity index (χ3v) is 5.61. The smallest absolute Gasteiger partial charge is 0.0558 e. The first-order valence-corrected chi connectivity index (χ1v) is 8.81. The van der Waals surface area contributed by atoms with Gasteiger partial charge in [0.05, 0.1) is 6.61 Å². The summed E-state index contributed by atoms with van der Waals surface area (Å²) in [5.41, 5.74) is 0.389. The average molecular weight is 282 g/mol. The number of nitrogens with one attached hydrogen (secondary N) is 1. The summed E-state index contributed by atoms with van der Waals surface area (Å²) in [6.07, 6.45) is 10.6. The minimum atomic E-state index is 0.302. The van der Waals surface area contributed by atoms with Crippen LogP contribution in [-0.4, -0.2) is 48.3 Å². The van der Waals surface area contributed by atoms with Crippen LogP contribution >= 0.6 is 0 Å². The molecule has 2 N–H and O–H groups in total. The summed E-state index contributed by atoms with van der Waals surface area (Å²) in [7, 11) is 0. The van der Waals surface area contributed by atoms with E-state index in [4.69, 9.17) is 0 Å². The highest BCUT2D eigenvalue weighted by Gasteiger charge is 2.34. The lowest BCUT2D eigenvalue weighted by molar-refractivity contribution is 0.0808. The highest BCUT2D eigenvalue weighted by molar-refractivity contribution is 4.90. The van der Waals surface area contributed by atoms with Crippen LogP contribution in [0.4, 0.5) is 0 Å². The highest BCUT2D eigenvalue weighted by atomic mass is 16.3. The molecular weight excluding hydrogens is 248 g/mol. The van der Waals surface area contributed by atoms with Crippen LogP contribution in [0.25, 0.3) is 0 Å². The molecule has 2 aliphatic carbocycles. The third-order valence-electron chi connectivity index (χ3n) is 5.61. The van der Waals surface area contributed by atoms with Crippen molar-refractivity contribution in [2.24, 2.45) is 5.41 Å². The zero-order valence-electron chi connectivity index (χ0n) is 13.5. The number of rotatable bonds is 10. The number of hydrogen-bond donors (Lipinski definition) is 2. The molecule has 118 valence electrons. The van der Waals surface area contributed by atoms with E-state index >= 15 is 0 Å². The SMILES string of the molecule is CCC(CC)(CNC1CC1)CN(CCO)C1CCCC1. The van der Waals surface area contributed by atoms with Crippen molar-refractivity contribution in [1.82, 2.24) is 10.2 Å². The lowest BCUT2D eigenvalue weighted by atomic mass is 9.81. The summed E-state index contributed by atoms with van der Waals surface area (Å²) in [6.45, 7) is 8.14. The fraction of sp³-hybridized carbons (Fsp3) is 1.00. The topological polar surface area (TPSA) is 35.5 Å². The molecule has 2 saturated carbocycles. The lowest BCUT2D eigenvalue weighted by Crippen LogP contribution is -2.48. The average Bonchev–Trinajstić information content (AvgIpc) is 3.14. The van der Waals surface area contributed by atoms with E-state index in [1.165, 1.54) is 51.4 Å². The van der Waals surface area contributed by atoms with Crippen LogP contribution in [0, 0.1) is 5.41 Å². The number of hydrogen-bond acceptors (Lipinski definition) is 3. The fourth-order valence-corrected chi connectivity index (χ4v) is 3.65. The molecule has 0 aromatic rings. The molecule has 0 saturated heterocycles. The largest absolute Gasteiger partial charge is 0.395 e. The van der Waals surface area contributed by atoms with E-state index in [1.54, 1.807) is 0 Å². The quantitative estimate of drug-likeness (QED) is 0.647. The predicted octanol–water partition coefficient (Wildman–Crippen LogP) is 2.78. The first-order valence-electron chi connectivity index (χ1n) is 8.81. The van der Waals surface area contributed by atoms with Crippen LogP contribution in [0.2, 0.25) is 0 Å². The molecule has 20 heavy (non-hydrogen) atoms. The normalized spacial score (nSPS) is 21.0. The molecule has 0 bridgehead atoms. The molecule has 0 atom stereocenters. The van der Waals surface area contributed by atoms with E-state index in [0.29, 0.717) is 12.0 Å². The van der Waals surface area contributed by atoms with Crippen LogP contribution in [0.3, 0.4) is 0 Å². The summed E-state index contributed by atoms with van der Waals surface area (Å²) in [4.78, 5) is 2.59. The number of aliphatic hydroxyl groups excluding tert-OH is 1. The first-order chi connectivity index (χ1) is 9.73. The van der Waals surface area contributed by atoms with Crippen molar-refractivity contribution >= 4 is 0 Å².